The van der Waals surface area contributed by atoms with E-state index < -0.39 is 12.0 Å². The van der Waals surface area contributed by atoms with Gasteiger partial charge in [-0.2, -0.15) is 0 Å². The summed E-state index contributed by atoms with van der Waals surface area (Å²) < 4.78 is 4.79. The largest absolute Gasteiger partial charge is 0.480 e. The van der Waals surface area contributed by atoms with Gasteiger partial charge >= 0.3 is 5.97 Å². The predicted octanol–water partition coefficient (Wildman–Crippen LogP) is 1.17. The van der Waals surface area contributed by atoms with Gasteiger partial charge in [0, 0.05) is 26.6 Å². The minimum atomic E-state index is -1.01. The SMILES string of the molecule is CCCCCC(=O)NC(CCOC)C(=O)O. The molecule has 1 amide bonds. The average molecular weight is 231 g/mol. The number of hydrogen-bond acceptors (Lipinski definition) is 3. The summed E-state index contributed by atoms with van der Waals surface area (Å²) >= 11 is 0. The Morgan fingerprint density at radius 1 is 1.38 bits per heavy atom. The Balaban J connectivity index is 3.88. The zero-order valence-corrected chi connectivity index (χ0v) is 9.99. The molecule has 1 unspecified atom stereocenters. The molecule has 0 aromatic rings. The first kappa shape index (κ1) is 14.9. The molecule has 0 bridgehead atoms. The number of hydrogen-bond donors (Lipinski definition) is 2. The van der Waals surface area contributed by atoms with Gasteiger partial charge in [0.25, 0.3) is 0 Å². The monoisotopic (exact) mass is 231 g/mol. The average Bonchev–Trinajstić information content (AvgIpc) is 2.24. The molecule has 0 saturated heterocycles. The van der Waals surface area contributed by atoms with Gasteiger partial charge in [-0.15, -0.1) is 0 Å². The molecule has 0 radical (unpaired) electrons. The molecule has 1 atom stereocenters. The highest BCUT2D eigenvalue weighted by Gasteiger charge is 2.18. The molecule has 0 rings (SSSR count). The van der Waals surface area contributed by atoms with Crippen LogP contribution in [0.1, 0.15) is 39.0 Å². The summed E-state index contributed by atoms with van der Waals surface area (Å²) in [6.45, 7) is 2.38. The van der Waals surface area contributed by atoms with E-state index in [0.717, 1.165) is 19.3 Å². The molecule has 0 aliphatic carbocycles. The lowest BCUT2D eigenvalue weighted by Crippen LogP contribution is -2.41. The fraction of sp³-hybridized carbons (Fsp3) is 0.818. The number of carboxylic acid groups (broad SMARTS) is 1. The van der Waals surface area contributed by atoms with Crippen molar-refractivity contribution in [1.82, 2.24) is 5.32 Å². The Bertz CT molecular complexity index is 218. The first-order valence-corrected chi connectivity index (χ1v) is 5.63. The van der Waals surface area contributed by atoms with Gasteiger partial charge in [0.15, 0.2) is 0 Å². The Labute approximate surface area is 96.2 Å². The summed E-state index contributed by atoms with van der Waals surface area (Å²) in [6.07, 6.45) is 3.53. The van der Waals surface area contributed by atoms with Gasteiger partial charge in [-0.25, -0.2) is 4.79 Å². The second kappa shape index (κ2) is 9.15. The highest BCUT2D eigenvalue weighted by atomic mass is 16.5. The number of ether oxygens (including phenoxy) is 1. The molecule has 16 heavy (non-hydrogen) atoms. The van der Waals surface area contributed by atoms with Crippen molar-refractivity contribution in [2.75, 3.05) is 13.7 Å². The molecule has 0 aliphatic heterocycles. The number of unbranched alkanes of at least 4 members (excludes halogenated alkanes) is 2. The van der Waals surface area contributed by atoms with Crippen molar-refractivity contribution in [3.05, 3.63) is 0 Å². The van der Waals surface area contributed by atoms with Crippen LogP contribution in [0.15, 0.2) is 0 Å². The summed E-state index contributed by atoms with van der Waals surface area (Å²) in [5, 5.41) is 11.3. The number of amides is 1. The third kappa shape index (κ3) is 7.23. The van der Waals surface area contributed by atoms with E-state index in [9.17, 15) is 9.59 Å². The van der Waals surface area contributed by atoms with Crippen molar-refractivity contribution < 1.29 is 19.4 Å². The van der Waals surface area contributed by atoms with Crippen molar-refractivity contribution >= 4 is 11.9 Å². The molecule has 0 spiro atoms. The van der Waals surface area contributed by atoms with E-state index in [-0.39, 0.29) is 5.91 Å². The second-order valence-corrected chi connectivity index (χ2v) is 3.70. The van der Waals surface area contributed by atoms with Crippen LogP contribution in [0.3, 0.4) is 0 Å². The van der Waals surface area contributed by atoms with Gasteiger partial charge in [-0.1, -0.05) is 19.8 Å². The number of aliphatic carboxylic acids is 1. The fourth-order valence-corrected chi connectivity index (χ4v) is 1.30. The molecule has 5 nitrogen and oxygen atoms in total. The van der Waals surface area contributed by atoms with Crippen molar-refractivity contribution in [1.29, 1.82) is 0 Å². The minimum absolute atomic E-state index is 0.197. The van der Waals surface area contributed by atoms with Crippen molar-refractivity contribution in [3.8, 4) is 0 Å². The van der Waals surface area contributed by atoms with Gasteiger partial charge in [-0.05, 0) is 6.42 Å². The van der Waals surface area contributed by atoms with Crippen LogP contribution in [0, 0.1) is 0 Å². The van der Waals surface area contributed by atoms with E-state index >= 15 is 0 Å². The highest BCUT2D eigenvalue weighted by molar-refractivity contribution is 5.83. The Morgan fingerprint density at radius 2 is 2.06 bits per heavy atom. The predicted molar refractivity (Wildman–Crippen MR) is 60.2 cm³/mol. The first-order chi connectivity index (χ1) is 7.61. The molecule has 0 fully saturated rings. The van der Waals surface area contributed by atoms with E-state index in [1.165, 1.54) is 7.11 Å². The molecule has 0 heterocycles. The molecule has 0 aromatic carbocycles. The molecule has 5 heteroatoms. The van der Waals surface area contributed by atoms with E-state index in [0.29, 0.717) is 19.4 Å². The van der Waals surface area contributed by atoms with Crippen LogP contribution >= 0.6 is 0 Å². The number of nitrogens with one attached hydrogen (secondary N) is 1. The zero-order chi connectivity index (χ0) is 12.4. The molecule has 0 aromatic heterocycles. The number of carboxylic acids is 1. The van der Waals surface area contributed by atoms with E-state index in [1.54, 1.807) is 0 Å². The quantitative estimate of drug-likeness (QED) is 0.584. The summed E-state index contributed by atoms with van der Waals surface area (Å²) in [5.74, 6) is -1.21. The number of methoxy groups -OCH3 is 1. The standard InChI is InChI=1S/C11H21NO4/c1-3-4-5-6-10(13)12-9(11(14)15)7-8-16-2/h9H,3-8H2,1-2H3,(H,12,13)(H,14,15). The lowest BCUT2D eigenvalue weighted by molar-refractivity contribution is -0.142. The third-order valence-corrected chi connectivity index (χ3v) is 2.25. The maximum Gasteiger partial charge on any atom is 0.326 e. The van der Waals surface area contributed by atoms with Crippen molar-refractivity contribution in [2.24, 2.45) is 0 Å². The normalized spacial score (nSPS) is 12.1. The van der Waals surface area contributed by atoms with Crippen LogP contribution in [0.4, 0.5) is 0 Å². The fourth-order valence-electron chi connectivity index (χ4n) is 1.30. The van der Waals surface area contributed by atoms with Gasteiger partial charge in [0.2, 0.25) is 5.91 Å². The Morgan fingerprint density at radius 3 is 2.56 bits per heavy atom. The van der Waals surface area contributed by atoms with Gasteiger partial charge in [0.05, 0.1) is 0 Å². The highest BCUT2D eigenvalue weighted by Crippen LogP contribution is 2.00. The van der Waals surface area contributed by atoms with Crippen LogP contribution in [0.2, 0.25) is 0 Å². The Kier molecular flexibility index (Phi) is 8.52. The lowest BCUT2D eigenvalue weighted by atomic mass is 10.1. The van der Waals surface area contributed by atoms with Crippen LogP contribution in [-0.4, -0.2) is 36.7 Å². The molecule has 2 N–H and O–H groups in total. The van der Waals surface area contributed by atoms with Crippen molar-refractivity contribution in [2.45, 2.75) is 45.1 Å². The Hall–Kier alpha value is -1.10. The van der Waals surface area contributed by atoms with Gasteiger partial charge < -0.3 is 15.2 Å². The summed E-state index contributed by atoms with van der Waals surface area (Å²) in [7, 11) is 1.50. The summed E-state index contributed by atoms with van der Waals surface area (Å²) in [4.78, 5) is 22.2. The van der Waals surface area contributed by atoms with Crippen LogP contribution < -0.4 is 5.32 Å². The summed E-state index contributed by atoms with van der Waals surface area (Å²) in [5.41, 5.74) is 0. The van der Waals surface area contributed by atoms with Crippen LogP contribution in [0.25, 0.3) is 0 Å². The molecule has 0 aliphatic rings. The van der Waals surface area contributed by atoms with Crippen LogP contribution in [0.5, 0.6) is 0 Å². The third-order valence-electron chi connectivity index (χ3n) is 2.25. The molecular weight excluding hydrogens is 210 g/mol. The minimum Gasteiger partial charge on any atom is -0.480 e. The molecular formula is C11H21NO4. The second-order valence-electron chi connectivity index (χ2n) is 3.70. The lowest BCUT2D eigenvalue weighted by Gasteiger charge is -2.13. The number of carbonyl (C=O) groups is 2. The topological polar surface area (TPSA) is 75.6 Å². The molecule has 94 valence electrons. The maximum atomic E-state index is 11.4. The van der Waals surface area contributed by atoms with Crippen LogP contribution in [-0.2, 0) is 14.3 Å². The molecule has 0 saturated carbocycles. The van der Waals surface area contributed by atoms with Crippen molar-refractivity contribution in [3.63, 3.8) is 0 Å². The number of carbonyl (C=O) groups excluding carboxylic acids is 1. The summed E-state index contributed by atoms with van der Waals surface area (Å²) in [6, 6.07) is -0.839. The van der Waals surface area contributed by atoms with E-state index in [2.05, 4.69) is 12.2 Å². The van der Waals surface area contributed by atoms with E-state index in [1.807, 2.05) is 0 Å². The maximum absolute atomic E-state index is 11.4. The first-order valence-electron chi connectivity index (χ1n) is 5.63. The zero-order valence-electron chi connectivity index (χ0n) is 9.99. The van der Waals surface area contributed by atoms with Gasteiger partial charge in [0.1, 0.15) is 6.04 Å². The van der Waals surface area contributed by atoms with Gasteiger partial charge in [-0.3, -0.25) is 4.79 Å². The van der Waals surface area contributed by atoms with E-state index in [4.69, 9.17) is 9.84 Å². The smallest absolute Gasteiger partial charge is 0.326 e. The number of rotatable bonds is 9.